The maximum atomic E-state index is 14.9. The molecule has 44 nitrogen and oxygen atoms in total. The van der Waals surface area contributed by atoms with Crippen LogP contribution in [0.2, 0.25) is 0 Å². The van der Waals surface area contributed by atoms with Gasteiger partial charge in [0.15, 0.2) is 38.0 Å². The monoisotopic (exact) mass is 2180 g/mol. The van der Waals surface area contributed by atoms with Crippen LogP contribution in [0.4, 0.5) is 0 Å². The fraction of sp³-hybridized carbons (Fsp3) is 0.769. The molecule has 9 unspecified atom stereocenters. The van der Waals surface area contributed by atoms with E-state index in [-0.39, 0.29) is 231 Å². The highest BCUT2D eigenvalue weighted by Gasteiger charge is 2.43. The Bertz CT molecular complexity index is 4200. The fourth-order valence-electron chi connectivity index (χ4n) is 15.9. The van der Waals surface area contributed by atoms with Gasteiger partial charge in [0, 0.05) is 148 Å². The van der Waals surface area contributed by atoms with Crippen LogP contribution in [0.1, 0.15) is 290 Å². The van der Waals surface area contributed by atoms with Gasteiger partial charge in [0.1, 0.15) is 48.1 Å². The number of thiazole rings is 1. The number of phenols is 1. The molecule has 150 heavy (non-hydrogen) atoms. The van der Waals surface area contributed by atoms with Crippen molar-refractivity contribution in [3.63, 3.8) is 0 Å². The number of carbonyl (C=O) groups is 15. The Hall–Kier alpha value is -9.11. The lowest BCUT2D eigenvalue weighted by molar-refractivity contribution is -0.194. The summed E-state index contributed by atoms with van der Waals surface area (Å²) in [6.07, 6.45) is 6.68. The van der Waals surface area contributed by atoms with Crippen LogP contribution in [0.5, 0.6) is 5.75 Å². The highest BCUT2D eigenvalue weighted by Crippen LogP contribution is 2.36. The number of ether oxygens (including phenoxy) is 14. The molecule has 46 heteroatoms. The van der Waals surface area contributed by atoms with Crippen molar-refractivity contribution in [2.75, 3.05) is 134 Å². The smallest absolute Gasteiger partial charge is 0.308 e. The van der Waals surface area contributed by atoms with Crippen molar-refractivity contribution in [3.05, 3.63) is 45.9 Å². The number of aromatic hydroxyl groups is 1. The van der Waals surface area contributed by atoms with Crippen LogP contribution in [0, 0.1) is 29.6 Å². The van der Waals surface area contributed by atoms with Gasteiger partial charge in [-0.15, -0.1) is 23.1 Å². The Balaban J connectivity index is 0.000000883. The Kier molecular flexibility index (Phi) is 72.9. The van der Waals surface area contributed by atoms with E-state index in [2.05, 4.69) is 26.3 Å². The lowest BCUT2D eigenvalue weighted by Crippen LogP contribution is -2.59. The molecule has 1 aromatic carbocycles. The van der Waals surface area contributed by atoms with Gasteiger partial charge in [-0.2, -0.15) is 0 Å². The average molecular weight is 2180 g/mol. The Labute approximate surface area is 891 Å². The minimum atomic E-state index is -1.05. The summed E-state index contributed by atoms with van der Waals surface area (Å²) in [6, 6.07) is 3.73. The second-order valence-corrected chi connectivity index (χ2v) is 39.6. The largest absolute Gasteiger partial charge is 0.508 e. The van der Waals surface area contributed by atoms with Gasteiger partial charge in [-0.05, 0) is 158 Å². The maximum absolute atomic E-state index is 14.9. The number of carboxylic acids is 1. The van der Waals surface area contributed by atoms with Gasteiger partial charge >= 0.3 is 41.8 Å². The van der Waals surface area contributed by atoms with E-state index in [9.17, 15) is 87.2 Å². The average Bonchev–Trinajstić information content (AvgIpc) is 1.38. The molecule has 0 radical (unpaired) electrons. The highest BCUT2D eigenvalue weighted by atomic mass is 32.2. The maximum Gasteiger partial charge on any atom is 0.308 e. The molecule has 1 saturated carbocycles. The Morgan fingerprint density at radius 2 is 1.09 bits per heavy atom. The van der Waals surface area contributed by atoms with Crippen molar-refractivity contribution in [1.29, 1.82) is 0 Å². The lowest BCUT2D eigenvalue weighted by atomic mass is 9.79. The number of hydrogen-bond donors (Lipinski definition) is 11. The van der Waals surface area contributed by atoms with E-state index in [1.165, 1.54) is 74.4 Å². The molecule has 11 N–H and O–H groups in total. The van der Waals surface area contributed by atoms with Crippen LogP contribution in [-0.2, 0) is 140 Å². The van der Waals surface area contributed by atoms with E-state index >= 15 is 0 Å². The second-order valence-electron chi connectivity index (χ2n) is 37.4. The number of rotatable bonds is 73. The number of nitrogens with zero attached hydrogens (tertiary/aromatic N) is 4. The number of aliphatic hydroxyl groups excluding tert-OH is 5. The van der Waals surface area contributed by atoms with Gasteiger partial charge in [0.05, 0.1) is 81.3 Å². The molecular weight excluding hydrogens is 2000 g/mol. The number of hydrogen-bond acceptors (Lipinski definition) is 39. The molecule has 16 atom stereocenters. The molecule has 0 bridgehead atoms. The van der Waals surface area contributed by atoms with Crippen LogP contribution in [0.3, 0.4) is 0 Å². The molecule has 2 aliphatic heterocycles. The van der Waals surface area contributed by atoms with Crippen molar-refractivity contribution in [2.45, 2.75) is 354 Å². The van der Waals surface area contributed by atoms with Gasteiger partial charge < -0.3 is 128 Å². The van der Waals surface area contributed by atoms with Crippen LogP contribution >= 0.6 is 23.1 Å². The van der Waals surface area contributed by atoms with E-state index in [4.69, 9.17) is 86.7 Å². The summed E-state index contributed by atoms with van der Waals surface area (Å²) < 4.78 is 73.8. The zero-order valence-electron chi connectivity index (χ0n) is 91.0. The summed E-state index contributed by atoms with van der Waals surface area (Å²) in [5, 5.41) is 76.2. The normalized spacial score (nSPS) is 17.9. The molecule has 3 aliphatic rings. The third kappa shape index (κ3) is 56.1. The number of amides is 7. The zero-order valence-corrected chi connectivity index (χ0v) is 92.7. The van der Waals surface area contributed by atoms with E-state index < -0.39 is 139 Å². The SMILES string of the molecule is CCC(=O)C1CCC(CN2C(=O)CC(SCCNC(=O)CCCC(=O)OCC(OC)OC(CC)CO)C2=O)CC1.CCC(CO)OC(CO)OC.CCC(CO)OC(COC(=O)CCCC(=O)O)OC.CCCC(=O)OCN(C(=O)[C@@H](NC(=O)[C@H]1CCCCN1C)[C@@H](C)CC)[C@H](C[C@@H](OC(C)=O)c1nc(C(=O)N[C@@H](Cc2ccc(O)cc2)C[C@H](C)C(=O)OCCCNC(=O)CCCC(=O)OCC(OC)OC(CC)CO)cs1)C(C)C. The predicted octanol–water partition coefficient (Wildman–Crippen LogP) is 8.41. The summed E-state index contributed by atoms with van der Waals surface area (Å²) >= 11 is 2.46. The van der Waals surface area contributed by atoms with Gasteiger partial charge in [0.25, 0.3) is 5.91 Å². The first kappa shape index (κ1) is 137. The summed E-state index contributed by atoms with van der Waals surface area (Å²) in [4.78, 5) is 199. The summed E-state index contributed by atoms with van der Waals surface area (Å²) in [7, 11) is 7.58. The number of nitrogens with one attached hydrogen (secondary N) is 4. The molecule has 3 fully saturated rings. The van der Waals surface area contributed by atoms with E-state index in [0.29, 0.717) is 88.8 Å². The number of phenolic OH excluding ortho intramolecular Hbond substituents is 1. The zero-order chi connectivity index (χ0) is 112. The van der Waals surface area contributed by atoms with Crippen molar-refractivity contribution in [3.8, 4) is 5.75 Å². The number of thioether (sulfide) groups is 1. The third-order valence-electron chi connectivity index (χ3n) is 25.3. The van der Waals surface area contributed by atoms with Crippen molar-refractivity contribution in [2.24, 2.45) is 29.6 Å². The highest BCUT2D eigenvalue weighted by molar-refractivity contribution is 8.00. The van der Waals surface area contributed by atoms with E-state index in [1.54, 1.807) is 19.1 Å². The van der Waals surface area contributed by atoms with Crippen molar-refractivity contribution < 1.29 is 174 Å². The minimum absolute atomic E-state index is 0.00200. The number of imide groups is 1. The topological polar surface area (TPSA) is 598 Å². The number of aliphatic carboxylic acids is 1. The van der Waals surface area contributed by atoms with Gasteiger partial charge in [-0.3, -0.25) is 81.7 Å². The number of esters is 6. The van der Waals surface area contributed by atoms with Gasteiger partial charge in [-0.1, -0.05) is 101 Å². The van der Waals surface area contributed by atoms with Gasteiger partial charge in [0.2, 0.25) is 35.4 Å². The molecule has 1 aliphatic carbocycles. The summed E-state index contributed by atoms with van der Waals surface area (Å²) in [6.45, 7) is 22.0. The number of aliphatic hydroxyl groups is 5. The molecule has 2 aromatic rings. The minimum Gasteiger partial charge on any atom is -0.508 e. The van der Waals surface area contributed by atoms with Crippen LogP contribution < -0.4 is 21.3 Å². The van der Waals surface area contributed by atoms with Gasteiger partial charge in [-0.25, -0.2) is 4.98 Å². The van der Waals surface area contributed by atoms with Crippen LogP contribution in [0.25, 0.3) is 0 Å². The fourth-order valence-corrected chi connectivity index (χ4v) is 17.8. The first-order valence-corrected chi connectivity index (χ1v) is 54.4. The summed E-state index contributed by atoms with van der Waals surface area (Å²) in [5.41, 5.74) is 0.773. The Morgan fingerprint density at radius 3 is 1.55 bits per heavy atom. The molecule has 5 rings (SSSR count). The first-order valence-electron chi connectivity index (χ1n) is 52.5. The number of benzene rings is 1. The molecule has 2 saturated heterocycles. The molecular formula is C104H174N8O36S2. The number of piperidine rings is 1. The second kappa shape index (κ2) is 79.8. The molecule has 0 spiro atoms. The number of carboxylic acid groups (broad SMARTS) is 1. The number of carbonyl (C=O) groups excluding carboxylic acids is 14. The number of likely N-dealkylation sites (tertiary alicyclic amines) is 2. The first-order chi connectivity index (χ1) is 71.7. The number of methoxy groups -OCH3 is 4. The lowest BCUT2D eigenvalue weighted by Gasteiger charge is -2.39. The predicted molar refractivity (Wildman–Crippen MR) is 552 cm³/mol. The van der Waals surface area contributed by atoms with Crippen molar-refractivity contribution >= 4 is 112 Å². The molecule has 858 valence electrons. The number of ketones is 1. The molecule has 3 heterocycles. The quantitative estimate of drug-likeness (QED) is 0.00972. The van der Waals surface area contributed by atoms with E-state index in [1.807, 2.05) is 81.2 Å². The van der Waals surface area contributed by atoms with Crippen molar-refractivity contribution in [1.82, 2.24) is 41.0 Å². The number of Topliss-reactive ketones (excluding diaryl/α,β-unsaturated/α-hetero) is 1. The van der Waals surface area contributed by atoms with E-state index in [0.717, 1.165) is 62.0 Å². The summed E-state index contributed by atoms with van der Waals surface area (Å²) in [5.74, 6) is -6.22. The van der Waals surface area contributed by atoms with Crippen LogP contribution in [0.15, 0.2) is 29.6 Å². The molecule has 7 amide bonds. The third-order valence-corrected chi connectivity index (χ3v) is 27.5. The standard InChI is InChI=1S/C57H90N6O16S.C28H46N2O9S.C12H22O7.C7H16O4/c1-11-18-49(68)77-35-63(56(72)52(37(6)12-2)61-54(71)45-19-14-15-27-62(45)9)46(36(4)5)31-47(78-39(8)65)55-60-44(34-80-55)53(70)59-41(30-40-22-24-42(66)25-23-40)29-38(7)57(73)75-28-17-26-58-48(67)20-16-21-50(69)76-33-51(74-10)79-43(13-3)32-64;1-4-21(17-31)39-27(37-3)18-38-26(35)8-6-7-24(33)29-13-14-40-23-15-25(34)30(28(23)36)16-19-9-11-20(12-10-19)22(32)5-2;1-3-9(7-13)19-12(17-2)8-18-11(16)6-4-5-10(14)15;1-3-6(4-8)11-7(5-9)10-2/h22-25,34,36-38,41,43,45-47,51-52,64,66H,11-21,26-33,35H2,1-10H3,(H,58,67)(H,59,70)(H,61,71);19-21,23,27,31H,4-18H2,1-3H3,(H,29,33);9,12-13H,3-8H2,1-2H3,(H,14,15);6-9H,3-5H2,1-2H3/t37-,38-,41+,43?,45+,46+,47+,51?,52-;;;/m0.../s1. The van der Waals surface area contributed by atoms with Crippen LogP contribution in [-0.4, -0.2) is 357 Å². The Morgan fingerprint density at radius 1 is 0.580 bits per heavy atom. The number of likely N-dealkylation sites (N-methyl/N-ethyl adjacent to an activating group) is 1. The molecule has 1 aromatic heterocycles. The number of aromatic nitrogens is 1.